The molecule has 0 aliphatic carbocycles. The molecule has 0 saturated heterocycles. The maximum absolute atomic E-state index is 13.2. The van der Waals surface area contributed by atoms with Crippen molar-refractivity contribution in [1.29, 1.82) is 0 Å². The maximum atomic E-state index is 13.2. The van der Waals surface area contributed by atoms with Crippen LogP contribution in [0.5, 0.6) is 11.5 Å². The fourth-order valence-corrected chi connectivity index (χ4v) is 3.47. The zero-order chi connectivity index (χ0) is 25.2. The van der Waals surface area contributed by atoms with E-state index in [1.54, 1.807) is 30.5 Å². The number of nitroso groups, excluding NO2 is 2. The van der Waals surface area contributed by atoms with Gasteiger partial charge in [0.15, 0.2) is 11.5 Å². The number of ether oxygens (including phenoxy) is 2. The minimum atomic E-state index is -1.98. The number of nitrogens with zero attached hydrogens (tertiary/aromatic N) is 5. The van der Waals surface area contributed by atoms with Crippen LogP contribution in [0.2, 0.25) is 5.02 Å². The molecule has 0 N–H and O–H groups in total. The molecule has 12 heteroatoms. The van der Waals surface area contributed by atoms with Crippen molar-refractivity contribution in [3.63, 3.8) is 0 Å². The molecule has 0 unspecified atom stereocenters. The van der Waals surface area contributed by atoms with Crippen LogP contribution in [0.1, 0.15) is 6.92 Å². The van der Waals surface area contributed by atoms with Crippen LogP contribution in [0.4, 0.5) is 0 Å². The molecule has 2 heterocycles. The van der Waals surface area contributed by atoms with Crippen molar-refractivity contribution in [1.82, 2.24) is 14.2 Å². The van der Waals surface area contributed by atoms with Gasteiger partial charge in [0.1, 0.15) is 18.5 Å². The highest BCUT2D eigenvalue weighted by Crippen LogP contribution is 2.31. The first-order valence-electron chi connectivity index (χ1n) is 10.2. The number of hydrogen-bond acceptors (Lipinski definition) is 8. The Morgan fingerprint density at radius 3 is 2.49 bits per heavy atom. The first-order chi connectivity index (χ1) is 16.8. The molecule has 4 aromatic rings. The molecule has 2 aromatic heterocycles. The van der Waals surface area contributed by atoms with Gasteiger partial charge < -0.3 is 9.47 Å². The largest absolute Gasteiger partial charge is 0.493 e. The third kappa shape index (κ3) is 4.53. The van der Waals surface area contributed by atoms with Gasteiger partial charge in [-0.1, -0.05) is 23.7 Å². The van der Waals surface area contributed by atoms with Gasteiger partial charge in [0.05, 0.1) is 12.8 Å². The summed E-state index contributed by atoms with van der Waals surface area (Å²) in [5.41, 5.74) is 0.172. The zero-order valence-electron chi connectivity index (χ0n) is 18.5. The number of aromatic nitrogens is 3. The Morgan fingerprint density at radius 1 is 1.09 bits per heavy atom. The van der Waals surface area contributed by atoms with Crippen LogP contribution in [0.25, 0.3) is 22.3 Å². The highest BCUT2D eigenvalue weighted by atomic mass is 35.5. The first-order valence-corrected chi connectivity index (χ1v) is 10.6. The highest BCUT2D eigenvalue weighted by molar-refractivity contribution is 6.30. The predicted octanol–water partition coefficient (Wildman–Crippen LogP) is 4.01. The summed E-state index contributed by atoms with van der Waals surface area (Å²) in [5, 5.41) is 9.86. The standard InChI is InChI=1S/C23H18ClN5O6/c1-23(27-33,22(31)26-32)12-35-19-8-7-17(10-20(19)34-2)28-13-25-29-11-15(9-18(29)21(28)30)14-3-5-16(24)6-4-14/h3-11,13H,12H2,1-2H3/t23-/m0/s1. The summed E-state index contributed by atoms with van der Waals surface area (Å²) >= 11 is 5.96. The van der Waals surface area contributed by atoms with Crippen molar-refractivity contribution >= 4 is 23.0 Å². The average Bonchev–Trinajstić information content (AvgIpc) is 3.32. The predicted molar refractivity (Wildman–Crippen MR) is 128 cm³/mol. The molecular weight excluding hydrogens is 478 g/mol. The van der Waals surface area contributed by atoms with Crippen molar-refractivity contribution in [3.8, 4) is 28.3 Å². The van der Waals surface area contributed by atoms with Gasteiger partial charge in [0, 0.05) is 28.0 Å². The summed E-state index contributed by atoms with van der Waals surface area (Å²) in [6.45, 7) is 0.614. The van der Waals surface area contributed by atoms with Crippen LogP contribution < -0.4 is 15.0 Å². The summed E-state index contributed by atoms with van der Waals surface area (Å²) < 4.78 is 13.7. The smallest absolute Gasteiger partial charge is 0.320 e. The maximum Gasteiger partial charge on any atom is 0.320 e. The Bertz CT molecular complexity index is 1500. The lowest BCUT2D eigenvalue weighted by molar-refractivity contribution is -0.123. The number of fused-ring (bicyclic) bond motifs is 1. The van der Waals surface area contributed by atoms with Crippen molar-refractivity contribution in [2.24, 2.45) is 10.4 Å². The van der Waals surface area contributed by atoms with E-state index in [2.05, 4.69) is 15.5 Å². The Hall–Kier alpha value is -4.38. The second-order valence-corrected chi connectivity index (χ2v) is 8.19. The van der Waals surface area contributed by atoms with E-state index in [-0.39, 0.29) is 17.1 Å². The fraction of sp³-hybridized carbons (Fsp3) is 0.174. The van der Waals surface area contributed by atoms with E-state index >= 15 is 0 Å². The second kappa shape index (κ2) is 9.47. The molecular formula is C23H18ClN5O6. The van der Waals surface area contributed by atoms with E-state index in [0.29, 0.717) is 16.2 Å². The highest BCUT2D eigenvalue weighted by Gasteiger charge is 2.37. The van der Waals surface area contributed by atoms with Crippen LogP contribution in [0, 0.1) is 9.81 Å². The van der Waals surface area contributed by atoms with Gasteiger partial charge in [-0.05, 0) is 48.0 Å². The number of amides is 1. The summed E-state index contributed by atoms with van der Waals surface area (Å²) in [5.74, 6) is -0.870. The van der Waals surface area contributed by atoms with Crippen LogP contribution in [-0.2, 0) is 4.79 Å². The van der Waals surface area contributed by atoms with Crippen LogP contribution in [0.15, 0.2) is 76.2 Å². The molecule has 0 radical (unpaired) electrons. The van der Waals surface area contributed by atoms with Crippen molar-refractivity contribution in [2.75, 3.05) is 13.7 Å². The number of halogens is 1. The molecule has 1 amide bonds. The monoisotopic (exact) mass is 495 g/mol. The van der Waals surface area contributed by atoms with E-state index in [1.165, 1.54) is 34.7 Å². The molecule has 0 spiro atoms. The third-order valence-corrected chi connectivity index (χ3v) is 5.64. The molecule has 4 rings (SSSR count). The van der Waals surface area contributed by atoms with E-state index < -0.39 is 18.1 Å². The normalized spacial score (nSPS) is 12.7. The lowest BCUT2D eigenvalue weighted by atomic mass is 10.1. The molecule has 11 nitrogen and oxygen atoms in total. The number of hydrogen-bond donors (Lipinski definition) is 0. The third-order valence-electron chi connectivity index (χ3n) is 5.39. The van der Waals surface area contributed by atoms with Crippen molar-refractivity contribution < 1.29 is 14.3 Å². The van der Waals surface area contributed by atoms with E-state index in [1.807, 2.05) is 12.1 Å². The molecule has 0 fully saturated rings. The van der Waals surface area contributed by atoms with Gasteiger partial charge in [-0.25, -0.2) is 4.52 Å². The number of methoxy groups -OCH3 is 1. The second-order valence-electron chi connectivity index (χ2n) is 7.76. The average molecular weight is 496 g/mol. The molecule has 0 aliphatic heterocycles. The van der Waals surface area contributed by atoms with E-state index in [9.17, 15) is 19.4 Å². The number of carbonyl (C=O) groups is 1. The molecule has 2 aromatic carbocycles. The minimum Gasteiger partial charge on any atom is -0.493 e. The number of benzene rings is 2. The topological polar surface area (TPSA) is 134 Å². The van der Waals surface area contributed by atoms with Gasteiger partial charge in [0.25, 0.3) is 5.56 Å². The lowest BCUT2D eigenvalue weighted by Crippen LogP contribution is -2.38. The number of carbonyl (C=O) groups excluding carboxylic acids is 1. The van der Waals surface area contributed by atoms with Gasteiger partial charge in [0.2, 0.25) is 5.54 Å². The molecule has 1 atom stereocenters. The Morgan fingerprint density at radius 2 is 1.83 bits per heavy atom. The number of rotatable bonds is 8. The quantitative estimate of drug-likeness (QED) is 0.337. The Kier molecular flexibility index (Phi) is 6.43. The Labute approximate surface area is 202 Å². The van der Waals surface area contributed by atoms with E-state index in [0.717, 1.165) is 18.1 Å². The van der Waals surface area contributed by atoms with Gasteiger partial charge in [-0.15, -0.1) is 9.81 Å². The molecule has 0 saturated carbocycles. The molecule has 0 bridgehead atoms. The summed E-state index contributed by atoms with van der Waals surface area (Å²) in [6, 6.07) is 13.6. The van der Waals surface area contributed by atoms with Crippen molar-refractivity contribution in [3.05, 3.63) is 86.2 Å². The van der Waals surface area contributed by atoms with Crippen LogP contribution >= 0.6 is 11.6 Å². The first kappa shape index (κ1) is 23.8. The Balaban J connectivity index is 1.66. The minimum absolute atomic E-state index is 0.166. The fourth-order valence-electron chi connectivity index (χ4n) is 3.34. The van der Waals surface area contributed by atoms with Crippen LogP contribution in [0.3, 0.4) is 0 Å². The van der Waals surface area contributed by atoms with Crippen LogP contribution in [-0.4, -0.2) is 39.3 Å². The summed E-state index contributed by atoms with van der Waals surface area (Å²) in [4.78, 5) is 46.4. The molecule has 178 valence electrons. The van der Waals surface area contributed by atoms with Gasteiger partial charge in [-0.3, -0.25) is 14.2 Å². The molecule has 35 heavy (non-hydrogen) atoms. The van der Waals surface area contributed by atoms with E-state index in [4.69, 9.17) is 21.1 Å². The zero-order valence-corrected chi connectivity index (χ0v) is 19.3. The lowest BCUT2D eigenvalue weighted by Gasteiger charge is -2.18. The molecule has 0 aliphatic rings. The summed E-state index contributed by atoms with van der Waals surface area (Å²) in [7, 11) is 1.39. The van der Waals surface area contributed by atoms with Gasteiger partial charge in [-0.2, -0.15) is 5.10 Å². The van der Waals surface area contributed by atoms with Gasteiger partial charge >= 0.3 is 5.91 Å². The SMILES string of the molecule is COc1cc(-n2cnn3cc(-c4ccc(Cl)cc4)cc3c2=O)ccc1OC[C@](C)(N=O)C(=O)N=O. The summed E-state index contributed by atoms with van der Waals surface area (Å²) in [6.07, 6.45) is 3.12. The van der Waals surface area contributed by atoms with Crippen molar-refractivity contribution in [2.45, 2.75) is 12.5 Å².